The van der Waals surface area contributed by atoms with Gasteiger partial charge in [-0.1, -0.05) is 24.3 Å². The Morgan fingerprint density at radius 1 is 0.900 bits per heavy atom. The van der Waals surface area contributed by atoms with E-state index >= 15 is 0 Å². The highest BCUT2D eigenvalue weighted by molar-refractivity contribution is 6.04. The van der Waals surface area contributed by atoms with Crippen molar-refractivity contribution in [1.82, 2.24) is 4.98 Å². The third-order valence-corrected chi connectivity index (χ3v) is 2.99. The van der Waals surface area contributed by atoms with Crippen molar-refractivity contribution in [3.05, 3.63) is 76.7 Å². The number of pyridine rings is 1. The monoisotopic (exact) mass is 265 g/mol. The summed E-state index contributed by atoms with van der Waals surface area (Å²) in [4.78, 5) is 26.5. The summed E-state index contributed by atoms with van der Waals surface area (Å²) >= 11 is 0. The number of ether oxygens (including phenoxy) is 1. The van der Waals surface area contributed by atoms with E-state index in [1.165, 1.54) is 6.20 Å². The molecule has 0 radical (unpaired) electrons. The predicted octanol–water partition coefficient (Wildman–Crippen LogP) is 2.75. The van der Waals surface area contributed by atoms with Gasteiger partial charge in [0.15, 0.2) is 0 Å². The number of carbonyl (C=O) groups excluding carboxylic acids is 1. The van der Waals surface area contributed by atoms with E-state index in [4.69, 9.17) is 4.74 Å². The molecule has 0 aliphatic carbocycles. The van der Waals surface area contributed by atoms with Crippen LogP contribution in [0.5, 0.6) is 5.75 Å². The first-order chi connectivity index (χ1) is 9.75. The van der Waals surface area contributed by atoms with Crippen molar-refractivity contribution < 1.29 is 9.53 Å². The summed E-state index contributed by atoms with van der Waals surface area (Å²) in [5, 5.41) is 1.05. The summed E-state index contributed by atoms with van der Waals surface area (Å²) in [6, 6.07) is 15.5. The molecule has 0 spiro atoms. The summed E-state index contributed by atoms with van der Waals surface area (Å²) in [7, 11) is 0. The highest BCUT2D eigenvalue weighted by Crippen LogP contribution is 2.18. The fourth-order valence-corrected chi connectivity index (χ4v) is 2.05. The molecule has 0 fully saturated rings. The molecule has 0 unspecified atom stereocenters. The maximum absolute atomic E-state index is 12.2. The lowest BCUT2D eigenvalue weighted by molar-refractivity contribution is 0.0737. The number of nitrogens with one attached hydrogen (secondary N) is 1. The molecule has 0 aliphatic heterocycles. The van der Waals surface area contributed by atoms with Crippen LogP contribution in [-0.4, -0.2) is 11.0 Å². The lowest BCUT2D eigenvalue weighted by Crippen LogP contribution is -2.11. The minimum Gasteiger partial charge on any atom is -0.423 e. The van der Waals surface area contributed by atoms with E-state index in [-0.39, 0.29) is 5.56 Å². The van der Waals surface area contributed by atoms with Crippen LogP contribution in [0.25, 0.3) is 10.8 Å². The highest BCUT2D eigenvalue weighted by atomic mass is 16.5. The molecule has 98 valence electrons. The Labute approximate surface area is 114 Å². The fourth-order valence-electron chi connectivity index (χ4n) is 2.05. The zero-order valence-corrected chi connectivity index (χ0v) is 10.5. The molecule has 0 saturated heterocycles. The van der Waals surface area contributed by atoms with Crippen LogP contribution in [0.4, 0.5) is 0 Å². The Hall–Kier alpha value is -2.88. The first-order valence-corrected chi connectivity index (χ1v) is 6.13. The SMILES string of the molecule is O=C(Oc1ccccc1)c1cccc2c(=O)[nH]ccc12. The van der Waals surface area contributed by atoms with Gasteiger partial charge in [0.1, 0.15) is 5.75 Å². The molecule has 4 heteroatoms. The zero-order valence-electron chi connectivity index (χ0n) is 10.5. The predicted molar refractivity (Wildman–Crippen MR) is 76.0 cm³/mol. The average molecular weight is 265 g/mol. The van der Waals surface area contributed by atoms with Gasteiger partial charge in [-0.25, -0.2) is 4.79 Å². The first-order valence-electron chi connectivity index (χ1n) is 6.13. The molecule has 4 nitrogen and oxygen atoms in total. The van der Waals surface area contributed by atoms with Crippen molar-refractivity contribution in [2.24, 2.45) is 0 Å². The number of fused-ring (bicyclic) bond motifs is 1. The van der Waals surface area contributed by atoms with Crippen LogP contribution in [0.3, 0.4) is 0 Å². The van der Waals surface area contributed by atoms with E-state index in [9.17, 15) is 9.59 Å². The van der Waals surface area contributed by atoms with Gasteiger partial charge in [0.05, 0.1) is 5.56 Å². The summed E-state index contributed by atoms with van der Waals surface area (Å²) in [5.41, 5.74) is 0.148. The van der Waals surface area contributed by atoms with Crippen LogP contribution >= 0.6 is 0 Å². The molecule has 0 saturated carbocycles. The van der Waals surface area contributed by atoms with Crippen LogP contribution in [0, 0.1) is 0 Å². The van der Waals surface area contributed by atoms with Gasteiger partial charge in [0, 0.05) is 17.0 Å². The number of carbonyl (C=O) groups is 1. The Balaban J connectivity index is 2.04. The topological polar surface area (TPSA) is 59.2 Å². The number of para-hydroxylation sites is 1. The summed E-state index contributed by atoms with van der Waals surface area (Å²) in [6.07, 6.45) is 1.52. The number of aromatic amines is 1. The van der Waals surface area contributed by atoms with Gasteiger partial charge in [-0.3, -0.25) is 4.79 Å². The van der Waals surface area contributed by atoms with Gasteiger partial charge >= 0.3 is 5.97 Å². The van der Waals surface area contributed by atoms with Gasteiger partial charge in [0.2, 0.25) is 0 Å². The normalized spacial score (nSPS) is 10.4. The zero-order chi connectivity index (χ0) is 13.9. The maximum atomic E-state index is 12.2. The van der Waals surface area contributed by atoms with Crippen molar-refractivity contribution >= 4 is 16.7 Å². The molecule has 0 bridgehead atoms. The largest absolute Gasteiger partial charge is 0.423 e. The molecular formula is C16H11NO3. The number of esters is 1. The highest BCUT2D eigenvalue weighted by Gasteiger charge is 2.13. The molecule has 0 aliphatic rings. The number of hydrogen-bond acceptors (Lipinski definition) is 3. The van der Waals surface area contributed by atoms with E-state index in [1.807, 2.05) is 6.07 Å². The van der Waals surface area contributed by atoms with Crippen LogP contribution in [0.1, 0.15) is 10.4 Å². The first kappa shape index (κ1) is 12.2. The van der Waals surface area contributed by atoms with E-state index in [0.29, 0.717) is 22.1 Å². The van der Waals surface area contributed by atoms with E-state index in [0.717, 1.165) is 0 Å². The Morgan fingerprint density at radius 2 is 1.70 bits per heavy atom. The third-order valence-electron chi connectivity index (χ3n) is 2.99. The molecule has 3 aromatic rings. The number of aromatic nitrogens is 1. The molecule has 0 amide bonds. The Morgan fingerprint density at radius 3 is 2.50 bits per heavy atom. The molecule has 0 atom stereocenters. The number of rotatable bonds is 2. The van der Waals surface area contributed by atoms with Gasteiger partial charge in [-0.05, 0) is 30.3 Å². The van der Waals surface area contributed by atoms with Crippen LogP contribution in [0.15, 0.2) is 65.6 Å². The third kappa shape index (κ3) is 2.19. The van der Waals surface area contributed by atoms with E-state index in [2.05, 4.69) is 4.98 Å². The number of hydrogen-bond donors (Lipinski definition) is 1. The van der Waals surface area contributed by atoms with Crippen molar-refractivity contribution in [3.63, 3.8) is 0 Å². The van der Waals surface area contributed by atoms with Gasteiger partial charge in [-0.2, -0.15) is 0 Å². The lowest BCUT2D eigenvalue weighted by Gasteiger charge is -2.06. The second kappa shape index (κ2) is 5.01. The van der Waals surface area contributed by atoms with E-state index in [1.54, 1.807) is 48.5 Å². The molecule has 1 N–H and O–H groups in total. The Kier molecular flexibility index (Phi) is 3.05. The second-order valence-electron chi connectivity index (χ2n) is 4.28. The quantitative estimate of drug-likeness (QED) is 0.572. The molecule has 2 aromatic carbocycles. The molecular weight excluding hydrogens is 254 g/mol. The van der Waals surface area contributed by atoms with E-state index < -0.39 is 5.97 Å². The molecule has 20 heavy (non-hydrogen) atoms. The second-order valence-corrected chi connectivity index (χ2v) is 4.28. The summed E-state index contributed by atoms with van der Waals surface area (Å²) < 4.78 is 5.30. The molecule has 3 rings (SSSR count). The minimum absolute atomic E-state index is 0.225. The number of benzene rings is 2. The van der Waals surface area contributed by atoms with Crippen LogP contribution in [0.2, 0.25) is 0 Å². The standard InChI is InChI=1S/C16H11NO3/c18-15-13-7-4-8-14(12(13)9-10-17-15)16(19)20-11-5-2-1-3-6-11/h1-10H,(H,17,18). The fraction of sp³-hybridized carbons (Fsp3) is 0. The van der Waals surface area contributed by atoms with Gasteiger partial charge < -0.3 is 9.72 Å². The lowest BCUT2D eigenvalue weighted by atomic mass is 10.1. The van der Waals surface area contributed by atoms with Gasteiger partial charge in [-0.15, -0.1) is 0 Å². The molecule has 1 heterocycles. The summed E-state index contributed by atoms with van der Waals surface area (Å²) in [5.74, 6) is -0.00764. The van der Waals surface area contributed by atoms with Crippen LogP contribution < -0.4 is 10.3 Å². The van der Waals surface area contributed by atoms with Crippen LogP contribution in [-0.2, 0) is 0 Å². The van der Waals surface area contributed by atoms with Crippen molar-refractivity contribution in [2.75, 3.05) is 0 Å². The minimum atomic E-state index is -0.479. The number of H-pyrrole nitrogens is 1. The maximum Gasteiger partial charge on any atom is 0.344 e. The Bertz CT molecular complexity index is 822. The van der Waals surface area contributed by atoms with Crippen molar-refractivity contribution in [2.45, 2.75) is 0 Å². The van der Waals surface area contributed by atoms with Crippen molar-refractivity contribution in [3.8, 4) is 5.75 Å². The van der Waals surface area contributed by atoms with Crippen molar-refractivity contribution in [1.29, 1.82) is 0 Å². The average Bonchev–Trinajstić information content (AvgIpc) is 2.48. The molecule has 1 aromatic heterocycles. The smallest absolute Gasteiger partial charge is 0.344 e. The summed E-state index contributed by atoms with van der Waals surface area (Å²) in [6.45, 7) is 0. The van der Waals surface area contributed by atoms with Gasteiger partial charge in [0.25, 0.3) is 5.56 Å².